The number of Topliss-reactive ketones (excluding diaryl/α,β-unsaturated/α-hetero) is 1. The number of rotatable bonds is 10. The first-order valence-electron chi connectivity index (χ1n) is 12.4. The number of nitrogens with one attached hydrogen (secondary N) is 1. The molecule has 0 saturated carbocycles. The number of carbonyl (C=O) groups excluding carboxylic acids is 4. The Morgan fingerprint density at radius 1 is 1.11 bits per heavy atom. The van der Waals surface area contributed by atoms with Crippen molar-refractivity contribution in [2.75, 3.05) is 5.75 Å². The molecule has 7 nitrogen and oxygen atoms in total. The lowest BCUT2D eigenvalue weighted by atomic mass is 9.64. The molecule has 3 rings (SSSR count). The molecule has 11 heteroatoms. The van der Waals surface area contributed by atoms with Gasteiger partial charge in [0.2, 0.25) is 0 Å². The van der Waals surface area contributed by atoms with E-state index in [0.29, 0.717) is 11.4 Å². The number of benzene rings is 2. The molecule has 2 aromatic rings. The Balaban J connectivity index is 1.86. The molecule has 0 aromatic heterocycles. The fourth-order valence-electron chi connectivity index (χ4n) is 4.15. The maximum Gasteiger partial charge on any atom is 0.602 e. The van der Waals surface area contributed by atoms with Gasteiger partial charge in [0.25, 0.3) is 5.91 Å². The van der Waals surface area contributed by atoms with Gasteiger partial charge >= 0.3 is 19.1 Å². The Morgan fingerprint density at radius 3 is 2.50 bits per heavy atom. The Hall–Kier alpha value is -2.49. The number of carbonyl (C=O) groups is 4. The molecule has 0 bridgehead atoms. The zero-order chi connectivity index (χ0) is 27.8. The first-order chi connectivity index (χ1) is 18.0. The third-order valence-electron chi connectivity index (χ3n) is 6.04. The van der Waals surface area contributed by atoms with Crippen LogP contribution in [0.5, 0.6) is 0 Å². The van der Waals surface area contributed by atoms with E-state index in [1.165, 1.54) is 12.1 Å². The van der Waals surface area contributed by atoms with Crippen molar-refractivity contribution in [1.29, 1.82) is 0 Å². The maximum absolute atomic E-state index is 13.7. The second kappa shape index (κ2) is 14.1. The van der Waals surface area contributed by atoms with Crippen molar-refractivity contribution in [2.45, 2.75) is 57.1 Å². The van der Waals surface area contributed by atoms with E-state index in [9.17, 15) is 19.2 Å². The summed E-state index contributed by atoms with van der Waals surface area (Å²) in [4.78, 5) is 51.7. The van der Waals surface area contributed by atoms with Gasteiger partial charge in [0, 0.05) is 17.3 Å². The average molecular weight is 578 g/mol. The van der Waals surface area contributed by atoms with Gasteiger partial charge in [-0.1, -0.05) is 67.4 Å². The number of halogens is 2. The first kappa shape index (κ1) is 30.1. The van der Waals surface area contributed by atoms with Gasteiger partial charge in [-0.2, -0.15) is 0 Å². The highest BCUT2D eigenvalue weighted by atomic mass is 35.5. The van der Waals surface area contributed by atoms with Crippen molar-refractivity contribution < 1.29 is 28.5 Å². The van der Waals surface area contributed by atoms with E-state index in [1.54, 1.807) is 13.0 Å². The van der Waals surface area contributed by atoms with Crippen LogP contribution in [0.15, 0.2) is 48.5 Å². The highest BCUT2D eigenvalue weighted by molar-refractivity contribution is 8.01. The lowest BCUT2D eigenvalue weighted by molar-refractivity contribution is -0.139. The Morgan fingerprint density at radius 2 is 1.82 bits per heavy atom. The van der Waals surface area contributed by atoms with E-state index >= 15 is 0 Å². The highest BCUT2D eigenvalue weighted by Crippen LogP contribution is 2.30. The SMILES string of the molecule is CC(C)C[C@H](CC(=O)[C@H](Cc1ccccc1)NC(=O)c1cc(Cl)ccc1Cl)B1OC(=O)CS[C@H](C)C(=O)O1. The topological polar surface area (TPSA) is 98.8 Å². The number of amides is 1. The highest BCUT2D eigenvalue weighted by Gasteiger charge is 2.42. The molecular formula is C27H30BCl2NO6S. The molecule has 1 aliphatic rings. The Kier molecular flexibility index (Phi) is 11.1. The third kappa shape index (κ3) is 8.78. The monoisotopic (exact) mass is 577 g/mol. The molecule has 0 radical (unpaired) electrons. The Labute approximate surface area is 237 Å². The van der Waals surface area contributed by atoms with Gasteiger partial charge in [-0.25, -0.2) is 0 Å². The van der Waals surface area contributed by atoms with E-state index < -0.39 is 42.1 Å². The minimum Gasteiger partial charge on any atom is -0.498 e. The van der Waals surface area contributed by atoms with Crippen molar-refractivity contribution in [3.05, 3.63) is 69.7 Å². The zero-order valence-corrected chi connectivity index (χ0v) is 23.8. The summed E-state index contributed by atoms with van der Waals surface area (Å²) >= 11 is 13.4. The molecule has 2 aromatic carbocycles. The predicted molar refractivity (Wildman–Crippen MR) is 151 cm³/mol. The standard InChI is InChI=1S/C27H30BCl2NO6S/c1-16(2)11-19(28-36-25(33)15-38-17(3)27(35)37-28)13-24(32)23(12-18-7-5-4-6-8-18)31-26(34)21-14-20(29)9-10-22(21)30/h4-10,14,16-17,19,23H,11-13,15H2,1-3H3,(H,31,34)/t17-,19-,23+/m1/s1. The summed E-state index contributed by atoms with van der Waals surface area (Å²) in [6.45, 7) is 5.59. The van der Waals surface area contributed by atoms with E-state index in [1.807, 2.05) is 44.2 Å². The van der Waals surface area contributed by atoms with Crippen LogP contribution in [0.1, 0.15) is 49.5 Å². The van der Waals surface area contributed by atoms with Crippen molar-refractivity contribution in [3.63, 3.8) is 0 Å². The van der Waals surface area contributed by atoms with Crippen molar-refractivity contribution >= 4 is 65.7 Å². The van der Waals surface area contributed by atoms with E-state index in [4.69, 9.17) is 32.5 Å². The second-order valence-electron chi connectivity index (χ2n) is 9.65. The fraction of sp³-hybridized carbons (Fsp3) is 0.407. The summed E-state index contributed by atoms with van der Waals surface area (Å²) in [6, 6.07) is 12.9. The molecule has 1 N–H and O–H groups in total. The van der Waals surface area contributed by atoms with Gasteiger partial charge in [0.1, 0.15) is 0 Å². The van der Waals surface area contributed by atoms with Crippen molar-refractivity contribution in [3.8, 4) is 0 Å². The molecule has 1 saturated heterocycles. The van der Waals surface area contributed by atoms with Crippen LogP contribution >= 0.6 is 35.0 Å². The van der Waals surface area contributed by atoms with Gasteiger partial charge in [-0.3, -0.25) is 19.2 Å². The minimum atomic E-state index is -1.19. The third-order valence-corrected chi connectivity index (χ3v) is 7.69. The number of hydrogen-bond acceptors (Lipinski definition) is 7. The van der Waals surface area contributed by atoms with Crippen molar-refractivity contribution in [1.82, 2.24) is 5.32 Å². The van der Waals surface area contributed by atoms with Crippen LogP contribution in [0.4, 0.5) is 0 Å². The number of ketones is 1. The lowest BCUT2D eigenvalue weighted by Gasteiger charge is -2.28. The number of thioether (sulfide) groups is 1. The Bertz CT molecular complexity index is 1170. The van der Waals surface area contributed by atoms with Crippen LogP contribution < -0.4 is 5.32 Å². The molecule has 38 heavy (non-hydrogen) atoms. The first-order valence-corrected chi connectivity index (χ1v) is 14.2. The summed E-state index contributed by atoms with van der Waals surface area (Å²) in [6.07, 6.45) is 0.618. The minimum absolute atomic E-state index is 0.0161. The van der Waals surface area contributed by atoms with Crippen LogP contribution in [0.2, 0.25) is 15.9 Å². The number of hydrogen-bond donors (Lipinski definition) is 1. The molecule has 1 heterocycles. The molecule has 0 aliphatic carbocycles. The summed E-state index contributed by atoms with van der Waals surface area (Å²) < 4.78 is 11.0. The van der Waals surface area contributed by atoms with Crippen LogP contribution in [0.25, 0.3) is 0 Å². The van der Waals surface area contributed by atoms with E-state index in [0.717, 1.165) is 17.3 Å². The molecule has 3 atom stereocenters. The smallest absolute Gasteiger partial charge is 0.498 e. The average Bonchev–Trinajstić information content (AvgIpc) is 2.87. The van der Waals surface area contributed by atoms with Crippen LogP contribution in [-0.2, 0) is 30.1 Å². The lowest BCUT2D eigenvalue weighted by Crippen LogP contribution is -2.45. The maximum atomic E-state index is 13.7. The molecule has 1 aliphatic heterocycles. The van der Waals surface area contributed by atoms with Gasteiger partial charge < -0.3 is 14.6 Å². The normalized spacial score (nSPS) is 17.6. The summed E-state index contributed by atoms with van der Waals surface area (Å²) in [5.41, 5.74) is 0.997. The molecule has 1 amide bonds. The van der Waals surface area contributed by atoms with Gasteiger partial charge in [0.05, 0.1) is 27.6 Å². The molecular weight excluding hydrogens is 548 g/mol. The van der Waals surface area contributed by atoms with Gasteiger partial charge in [-0.15, -0.1) is 11.8 Å². The fourth-order valence-corrected chi connectivity index (χ4v) is 5.17. The van der Waals surface area contributed by atoms with Crippen LogP contribution in [0, 0.1) is 5.92 Å². The van der Waals surface area contributed by atoms with Gasteiger partial charge in [0.15, 0.2) is 5.78 Å². The molecule has 1 fully saturated rings. The summed E-state index contributed by atoms with van der Waals surface area (Å²) in [5.74, 6) is -2.29. The van der Waals surface area contributed by atoms with Crippen LogP contribution in [-0.4, -0.2) is 47.8 Å². The zero-order valence-electron chi connectivity index (χ0n) is 21.4. The summed E-state index contributed by atoms with van der Waals surface area (Å²) in [5, 5.41) is 2.81. The predicted octanol–water partition coefficient (Wildman–Crippen LogP) is 5.42. The van der Waals surface area contributed by atoms with Gasteiger partial charge in [-0.05, 0) is 49.4 Å². The molecule has 202 valence electrons. The molecule has 0 unspecified atom stereocenters. The quantitative estimate of drug-likeness (QED) is 0.376. The summed E-state index contributed by atoms with van der Waals surface area (Å²) in [7, 11) is -1.19. The van der Waals surface area contributed by atoms with Crippen molar-refractivity contribution in [2.24, 2.45) is 5.92 Å². The second-order valence-corrected chi connectivity index (χ2v) is 11.8. The molecule has 0 spiro atoms. The van der Waals surface area contributed by atoms with Crippen LogP contribution in [0.3, 0.4) is 0 Å². The largest absolute Gasteiger partial charge is 0.602 e. The van der Waals surface area contributed by atoms with E-state index in [-0.39, 0.29) is 40.9 Å². The van der Waals surface area contributed by atoms with E-state index in [2.05, 4.69) is 5.32 Å².